The van der Waals surface area contributed by atoms with Gasteiger partial charge in [-0.3, -0.25) is 4.79 Å². The molecule has 0 saturated carbocycles. The highest BCUT2D eigenvalue weighted by atomic mass is 16.7. The number of aliphatic hydroxyl groups is 8. The summed E-state index contributed by atoms with van der Waals surface area (Å²) >= 11 is 0. The lowest BCUT2D eigenvalue weighted by atomic mass is 9.96. The molecule has 1 rings (SSSR count). The lowest BCUT2D eigenvalue weighted by Gasteiger charge is -2.40. The first kappa shape index (κ1) is 59.1. The molecule has 1 fully saturated rings. The monoisotopic (exact) mass is 890 g/mol. The van der Waals surface area contributed by atoms with Crippen LogP contribution in [0.5, 0.6) is 0 Å². The van der Waals surface area contributed by atoms with Gasteiger partial charge >= 0.3 is 0 Å². The standard InChI is InChI=1S/C50H99NO11/c1-3-5-7-9-11-13-15-16-17-18-19-20-21-22-23-24-25-27-29-31-33-35-37-42(54)49(60)51-40(39-61-50-48(59)47(58)46(57)43(38-52)62-50)44(55)45(56)41(53)36-34-32-30-28-26-14-12-10-8-6-4-2/h40-48,50,52-59H,3-39H2,1-2H3,(H,51,60)/t40-,41-,42-,43+,44-,45+,46-,47-,48+,50-/m0/s1. The van der Waals surface area contributed by atoms with Gasteiger partial charge in [-0.1, -0.05) is 226 Å². The van der Waals surface area contributed by atoms with Crippen LogP contribution in [0, 0.1) is 0 Å². The van der Waals surface area contributed by atoms with E-state index in [9.17, 15) is 45.6 Å². The van der Waals surface area contributed by atoms with Gasteiger partial charge in [-0.05, 0) is 12.8 Å². The summed E-state index contributed by atoms with van der Waals surface area (Å²) in [7, 11) is 0. The number of aliphatic hydroxyl groups excluding tert-OH is 8. The van der Waals surface area contributed by atoms with E-state index in [1.165, 1.54) is 161 Å². The van der Waals surface area contributed by atoms with Crippen LogP contribution in [-0.4, -0.2) is 121 Å². The van der Waals surface area contributed by atoms with Crippen LogP contribution in [-0.2, 0) is 14.3 Å². The Labute approximate surface area is 378 Å². The predicted octanol–water partition coefficient (Wildman–Crippen LogP) is 8.42. The third kappa shape index (κ3) is 28.9. The average molecular weight is 890 g/mol. The van der Waals surface area contributed by atoms with E-state index in [-0.39, 0.29) is 12.8 Å². The zero-order chi connectivity index (χ0) is 45.6. The van der Waals surface area contributed by atoms with Gasteiger partial charge in [0.05, 0.1) is 25.4 Å². The van der Waals surface area contributed by atoms with Crippen LogP contribution in [0.3, 0.4) is 0 Å². The molecule has 370 valence electrons. The van der Waals surface area contributed by atoms with Crippen molar-refractivity contribution in [1.82, 2.24) is 5.32 Å². The molecule has 1 aliphatic heterocycles. The van der Waals surface area contributed by atoms with E-state index in [0.717, 1.165) is 38.5 Å². The lowest BCUT2D eigenvalue weighted by molar-refractivity contribution is -0.303. The van der Waals surface area contributed by atoms with Crippen molar-refractivity contribution in [3.63, 3.8) is 0 Å². The predicted molar refractivity (Wildman–Crippen MR) is 249 cm³/mol. The summed E-state index contributed by atoms with van der Waals surface area (Å²) in [5.41, 5.74) is 0. The summed E-state index contributed by atoms with van der Waals surface area (Å²) in [4.78, 5) is 13.1. The molecule has 1 aliphatic rings. The first-order valence-corrected chi connectivity index (χ1v) is 26.0. The van der Waals surface area contributed by atoms with E-state index in [1.54, 1.807) is 0 Å². The van der Waals surface area contributed by atoms with Gasteiger partial charge in [0.1, 0.15) is 42.7 Å². The Hall–Kier alpha value is -0.930. The Morgan fingerprint density at radius 3 is 1.23 bits per heavy atom. The summed E-state index contributed by atoms with van der Waals surface area (Å²) in [6.45, 7) is 3.29. The molecule has 0 aromatic rings. The number of ether oxygens (including phenoxy) is 2. The summed E-state index contributed by atoms with van der Waals surface area (Å²) in [5, 5.41) is 86.5. The van der Waals surface area contributed by atoms with Crippen LogP contribution in [0.2, 0.25) is 0 Å². The van der Waals surface area contributed by atoms with Crippen molar-refractivity contribution >= 4 is 5.91 Å². The first-order chi connectivity index (χ1) is 30.1. The Bertz CT molecular complexity index is 993. The number of hydrogen-bond acceptors (Lipinski definition) is 11. The highest BCUT2D eigenvalue weighted by Gasteiger charge is 2.45. The minimum Gasteiger partial charge on any atom is -0.394 e. The maximum Gasteiger partial charge on any atom is 0.249 e. The van der Waals surface area contributed by atoms with Gasteiger partial charge in [0, 0.05) is 0 Å². The van der Waals surface area contributed by atoms with Crippen molar-refractivity contribution in [3.05, 3.63) is 0 Å². The molecule has 0 radical (unpaired) electrons. The van der Waals surface area contributed by atoms with Crippen molar-refractivity contribution in [2.24, 2.45) is 0 Å². The van der Waals surface area contributed by atoms with Crippen LogP contribution in [0.4, 0.5) is 0 Å². The van der Waals surface area contributed by atoms with Gasteiger partial charge in [-0.2, -0.15) is 0 Å². The maximum absolute atomic E-state index is 13.1. The van der Waals surface area contributed by atoms with Crippen LogP contribution < -0.4 is 5.32 Å². The van der Waals surface area contributed by atoms with E-state index in [1.807, 2.05) is 0 Å². The second-order valence-electron chi connectivity index (χ2n) is 18.7. The third-order valence-electron chi connectivity index (χ3n) is 13.0. The number of nitrogens with one attached hydrogen (secondary N) is 1. The topological polar surface area (TPSA) is 209 Å². The summed E-state index contributed by atoms with van der Waals surface area (Å²) < 4.78 is 11.0. The number of hydrogen-bond donors (Lipinski definition) is 9. The molecule has 1 saturated heterocycles. The molecule has 0 spiro atoms. The molecule has 62 heavy (non-hydrogen) atoms. The number of carbonyl (C=O) groups is 1. The average Bonchev–Trinajstić information content (AvgIpc) is 3.27. The third-order valence-corrected chi connectivity index (χ3v) is 13.0. The zero-order valence-electron chi connectivity index (χ0n) is 39.7. The van der Waals surface area contributed by atoms with Gasteiger partial charge in [0.15, 0.2) is 6.29 Å². The summed E-state index contributed by atoms with van der Waals surface area (Å²) in [6.07, 6.45) is 27.1. The highest BCUT2D eigenvalue weighted by molar-refractivity contribution is 5.80. The highest BCUT2D eigenvalue weighted by Crippen LogP contribution is 2.23. The molecular weight excluding hydrogens is 791 g/mol. The summed E-state index contributed by atoms with van der Waals surface area (Å²) in [6, 6.07) is -1.34. The minimum absolute atomic E-state index is 0.214. The number of amides is 1. The Morgan fingerprint density at radius 1 is 0.500 bits per heavy atom. The number of carbonyl (C=O) groups excluding carboxylic acids is 1. The van der Waals surface area contributed by atoms with Gasteiger partial charge in [0.2, 0.25) is 5.91 Å². The Kier molecular flexibility index (Phi) is 38.5. The van der Waals surface area contributed by atoms with Crippen LogP contribution in [0.15, 0.2) is 0 Å². The zero-order valence-corrected chi connectivity index (χ0v) is 39.7. The molecule has 10 atom stereocenters. The molecule has 0 aromatic heterocycles. The van der Waals surface area contributed by atoms with Crippen molar-refractivity contribution < 1.29 is 55.1 Å². The quantitative estimate of drug-likeness (QED) is 0.0265. The van der Waals surface area contributed by atoms with E-state index < -0.39 is 80.3 Å². The Morgan fingerprint density at radius 2 is 0.855 bits per heavy atom. The molecule has 0 aliphatic carbocycles. The molecule has 1 heterocycles. The molecule has 9 N–H and O–H groups in total. The molecular formula is C50H99NO11. The number of rotatable bonds is 44. The van der Waals surface area contributed by atoms with E-state index in [2.05, 4.69) is 19.2 Å². The maximum atomic E-state index is 13.1. The lowest BCUT2D eigenvalue weighted by Crippen LogP contribution is -2.61. The van der Waals surface area contributed by atoms with Crippen molar-refractivity contribution in [2.45, 2.75) is 300 Å². The van der Waals surface area contributed by atoms with E-state index in [0.29, 0.717) is 12.8 Å². The SMILES string of the molecule is CCCCCCCCCCCCCCCCCCCCCCCC[C@H](O)C(=O)N[C@@H](CO[C@H]1O[C@H](CO)[C@H](O)[C@H](O)[C@H]1O)[C@H](O)[C@H](O)[C@@H](O)CCCCCCCCCCCCC. The van der Waals surface area contributed by atoms with E-state index in [4.69, 9.17) is 9.47 Å². The second-order valence-corrected chi connectivity index (χ2v) is 18.7. The van der Waals surface area contributed by atoms with Gasteiger partial charge in [-0.15, -0.1) is 0 Å². The van der Waals surface area contributed by atoms with Crippen molar-refractivity contribution in [2.75, 3.05) is 13.2 Å². The van der Waals surface area contributed by atoms with Crippen LogP contribution in [0.25, 0.3) is 0 Å². The fourth-order valence-electron chi connectivity index (χ4n) is 8.64. The van der Waals surface area contributed by atoms with Crippen LogP contribution in [0.1, 0.15) is 239 Å². The molecule has 0 unspecified atom stereocenters. The molecule has 0 bridgehead atoms. The smallest absolute Gasteiger partial charge is 0.249 e. The molecule has 0 aromatic carbocycles. The first-order valence-electron chi connectivity index (χ1n) is 26.0. The fraction of sp³-hybridized carbons (Fsp3) is 0.980. The normalized spacial score (nSPS) is 21.7. The van der Waals surface area contributed by atoms with Crippen molar-refractivity contribution in [3.8, 4) is 0 Å². The Balaban J connectivity index is 2.38. The minimum atomic E-state index is -1.71. The summed E-state index contributed by atoms with van der Waals surface area (Å²) in [5.74, 6) is -0.776. The largest absolute Gasteiger partial charge is 0.394 e. The van der Waals surface area contributed by atoms with Crippen LogP contribution >= 0.6 is 0 Å². The fourth-order valence-corrected chi connectivity index (χ4v) is 8.64. The molecule has 12 nitrogen and oxygen atoms in total. The number of unbranched alkanes of at least 4 members (excludes halogenated alkanes) is 31. The molecule has 1 amide bonds. The van der Waals surface area contributed by atoms with Crippen molar-refractivity contribution in [1.29, 1.82) is 0 Å². The van der Waals surface area contributed by atoms with Gasteiger partial charge in [-0.25, -0.2) is 0 Å². The second kappa shape index (κ2) is 40.4. The molecule has 12 heteroatoms. The van der Waals surface area contributed by atoms with Gasteiger partial charge < -0.3 is 55.6 Å². The van der Waals surface area contributed by atoms with Gasteiger partial charge in [0.25, 0.3) is 0 Å². The van der Waals surface area contributed by atoms with E-state index >= 15 is 0 Å².